The van der Waals surface area contributed by atoms with Gasteiger partial charge in [-0.1, -0.05) is 107 Å². The Morgan fingerprint density at radius 3 is 0.571 bits per heavy atom. The van der Waals surface area contributed by atoms with E-state index in [4.69, 9.17) is 22.2 Å². The molecule has 0 bridgehead atoms. The van der Waals surface area contributed by atoms with Gasteiger partial charge in [0.2, 0.25) is 0 Å². The molecule has 0 radical (unpaired) electrons. The van der Waals surface area contributed by atoms with E-state index in [-0.39, 0.29) is 29.6 Å². The maximum atomic E-state index is 8.52. The maximum Gasteiger partial charge on any atom is 1.00 e. The molecule has 0 aromatic rings. The van der Waals surface area contributed by atoms with Crippen LogP contribution in [0.1, 0.15) is 158 Å². The standard InChI is InChI=1S/2C16H36N.ClO.Na.H2O4S/c2*1-5-9-13-17(14-10-6-2,15-11-7-3)16-12-8-4;1-2;;1-5(2,3)4/h2*5-16H2,1-4H3;;;(H2,1,2,3,4)/q2*+1;-1;+1;/p-2. The van der Waals surface area contributed by atoms with Gasteiger partial charge in [0.1, 0.15) is 0 Å². The summed E-state index contributed by atoms with van der Waals surface area (Å²) in [6.45, 7) is 30.0. The second kappa shape index (κ2) is 38.2. The molecule has 0 fully saturated rings. The molecule has 0 saturated heterocycles. The largest absolute Gasteiger partial charge is 1.00 e. The second-order valence-electron chi connectivity index (χ2n) is 11.7. The van der Waals surface area contributed by atoms with Crippen molar-refractivity contribution < 1.29 is 60.7 Å². The van der Waals surface area contributed by atoms with E-state index in [1.807, 2.05) is 0 Å². The van der Waals surface area contributed by atoms with Gasteiger partial charge in [-0.05, 0) is 51.4 Å². The maximum absolute atomic E-state index is 8.52. The average molecular weight is 655 g/mol. The van der Waals surface area contributed by atoms with Crippen LogP contribution in [0.15, 0.2) is 0 Å². The van der Waals surface area contributed by atoms with Crippen molar-refractivity contribution in [3.8, 4) is 0 Å². The fourth-order valence-electron chi connectivity index (χ4n) is 5.29. The molecule has 0 N–H and O–H groups in total. The Balaban J connectivity index is -0.000000174. The zero-order valence-corrected chi connectivity index (χ0v) is 33.3. The van der Waals surface area contributed by atoms with Crippen LogP contribution in [0, 0.1) is 0 Å². The average Bonchev–Trinajstić information content (AvgIpc) is 2.96. The van der Waals surface area contributed by atoms with Crippen LogP contribution in [0.5, 0.6) is 0 Å². The summed E-state index contributed by atoms with van der Waals surface area (Å²) in [5.41, 5.74) is 0. The Morgan fingerprint density at radius 1 is 0.405 bits per heavy atom. The molecule has 7 nitrogen and oxygen atoms in total. The molecule has 0 unspecified atom stereocenters. The number of halogens is 1. The number of nitrogens with zero attached hydrogens (tertiary/aromatic N) is 2. The molecule has 0 aliphatic rings. The van der Waals surface area contributed by atoms with Gasteiger partial charge in [-0.25, -0.2) is 11.9 Å². The Bertz CT molecular complexity index is 482. The molecule has 10 heteroatoms. The first-order chi connectivity index (χ1) is 19.5. The zero-order valence-electron chi connectivity index (χ0n) is 29.7. The molecule has 0 spiro atoms. The van der Waals surface area contributed by atoms with Crippen molar-refractivity contribution in [2.45, 2.75) is 158 Å². The summed E-state index contributed by atoms with van der Waals surface area (Å²) < 4.78 is 44.6. The van der Waals surface area contributed by atoms with Crippen molar-refractivity contribution in [1.82, 2.24) is 0 Å². The van der Waals surface area contributed by atoms with Crippen LogP contribution in [0.25, 0.3) is 0 Å². The smallest absolute Gasteiger partial charge is 0.769 e. The topological polar surface area (TPSA) is 103 Å². The van der Waals surface area contributed by atoms with Crippen molar-refractivity contribution >= 4 is 22.3 Å². The Kier molecular flexibility index (Phi) is 47.8. The van der Waals surface area contributed by atoms with Gasteiger partial charge in [-0.3, -0.25) is 8.42 Å². The van der Waals surface area contributed by atoms with Crippen molar-refractivity contribution in [2.75, 3.05) is 52.4 Å². The van der Waals surface area contributed by atoms with Gasteiger partial charge in [0.15, 0.2) is 0 Å². The summed E-state index contributed by atoms with van der Waals surface area (Å²) in [6.07, 6.45) is 22.1. The van der Waals surface area contributed by atoms with E-state index < -0.39 is 10.4 Å². The van der Waals surface area contributed by atoms with Crippen LogP contribution >= 0.6 is 11.9 Å². The first-order valence-electron chi connectivity index (χ1n) is 17.0. The normalized spacial score (nSPS) is 11.2. The molecule has 0 saturated carbocycles. The summed E-state index contributed by atoms with van der Waals surface area (Å²) in [4.78, 5) is 0. The number of unbranched alkanes of at least 4 members (excludes halogenated alkanes) is 8. The number of quaternary nitrogens is 2. The Morgan fingerprint density at radius 2 is 0.500 bits per heavy atom. The van der Waals surface area contributed by atoms with Crippen LogP contribution in [0.4, 0.5) is 0 Å². The predicted molar refractivity (Wildman–Crippen MR) is 175 cm³/mol. The molecule has 254 valence electrons. The quantitative estimate of drug-likeness (QED) is 0.0618. The van der Waals surface area contributed by atoms with Crippen LogP contribution in [0.2, 0.25) is 0 Å². The van der Waals surface area contributed by atoms with E-state index in [1.165, 1.54) is 164 Å². The summed E-state index contributed by atoms with van der Waals surface area (Å²) in [6, 6.07) is 0. The first-order valence-corrected chi connectivity index (χ1v) is 18.6. The molecule has 0 aliphatic carbocycles. The van der Waals surface area contributed by atoms with Gasteiger partial charge in [-0.2, -0.15) is 0 Å². The summed E-state index contributed by atoms with van der Waals surface area (Å²) in [7, 11) is -5.17. The molecule has 0 aromatic heterocycles. The van der Waals surface area contributed by atoms with Crippen molar-refractivity contribution in [1.29, 1.82) is 0 Å². The summed E-state index contributed by atoms with van der Waals surface area (Å²) >= 11 is 3.39. The van der Waals surface area contributed by atoms with Gasteiger partial charge >= 0.3 is 29.6 Å². The van der Waals surface area contributed by atoms with Crippen LogP contribution < -0.4 is 34.2 Å². The second-order valence-corrected chi connectivity index (χ2v) is 12.5. The van der Waals surface area contributed by atoms with Crippen LogP contribution in [-0.2, 0) is 10.4 Å². The molecule has 42 heavy (non-hydrogen) atoms. The van der Waals surface area contributed by atoms with Crippen LogP contribution in [0.3, 0.4) is 0 Å². The molecule has 0 atom stereocenters. The Hall–Kier alpha value is 1.04. The van der Waals surface area contributed by atoms with Crippen LogP contribution in [-0.4, -0.2) is 78.8 Å². The van der Waals surface area contributed by atoms with E-state index in [1.54, 1.807) is 0 Å². The van der Waals surface area contributed by atoms with Gasteiger partial charge in [-0.15, -0.1) is 0 Å². The molecule has 0 aliphatic heterocycles. The number of hydrogen-bond acceptors (Lipinski definition) is 5. The third-order valence-corrected chi connectivity index (χ3v) is 7.89. The Labute approximate surface area is 291 Å². The molecule has 0 amide bonds. The molecule has 0 aromatic carbocycles. The van der Waals surface area contributed by atoms with Gasteiger partial charge in [0.25, 0.3) is 0 Å². The summed E-state index contributed by atoms with van der Waals surface area (Å²) in [5.74, 6) is 0. The van der Waals surface area contributed by atoms with Crippen molar-refractivity contribution in [2.24, 2.45) is 0 Å². The number of hydrogen-bond donors (Lipinski definition) is 0. The fraction of sp³-hybridized carbons (Fsp3) is 1.00. The third-order valence-electron chi connectivity index (χ3n) is 7.89. The SMILES string of the molecule is CCCC[N+](CCCC)(CCCC)CCCC.CCCC[N+](CCCC)(CCCC)CCCC.O=S(=O)([O-])[O-].[Na+].[O-]Cl. The van der Waals surface area contributed by atoms with E-state index in [0.717, 1.165) is 0 Å². The van der Waals surface area contributed by atoms with E-state index in [0.29, 0.717) is 0 Å². The van der Waals surface area contributed by atoms with Gasteiger partial charge < -0.3 is 22.7 Å². The fourth-order valence-corrected chi connectivity index (χ4v) is 5.29. The third kappa shape index (κ3) is 39.1. The number of rotatable bonds is 24. The summed E-state index contributed by atoms with van der Waals surface area (Å²) in [5, 5.41) is 0. The minimum Gasteiger partial charge on any atom is -0.769 e. The molecule has 0 rings (SSSR count). The molecular formula is C32H72ClN2NaO5S. The van der Waals surface area contributed by atoms with E-state index >= 15 is 0 Å². The minimum absolute atomic E-state index is 0. The zero-order chi connectivity index (χ0) is 32.5. The monoisotopic (exact) mass is 654 g/mol. The van der Waals surface area contributed by atoms with Gasteiger partial charge in [0.05, 0.1) is 52.4 Å². The molecular weight excluding hydrogens is 583 g/mol. The van der Waals surface area contributed by atoms with E-state index in [9.17, 15) is 0 Å². The van der Waals surface area contributed by atoms with Crippen molar-refractivity contribution in [3.63, 3.8) is 0 Å². The van der Waals surface area contributed by atoms with E-state index in [2.05, 4.69) is 67.3 Å². The van der Waals surface area contributed by atoms with Crippen molar-refractivity contribution in [3.05, 3.63) is 0 Å². The minimum atomic E-state index is -5.17. The molecule has 0 heterocycles. The van der Waals surface area contributed by atoms with Gasteiger partial charge in [0, 0.05) is 10.4 Å². The first kappa shape index (κ1) is 52.6. The predicted octanol–water partition coefficient (Wildman–Crippen LogP) is 5.17.